The van der Waals surface area contributed by atoms with Gasteiger partial charge in [-0.3, -0.25) is 0 Å². The Kier molecular flexibility index (Phi) is 5.26. The zero-order chi connectivity index (χ0) is 15.2. The van der Waals surface area contributed by atoms with Crippen molar-refractivity contribution in [2.75, 3.05) is 25.0 Å². The van der Waals surface area contributed by atoms with Crippen molar-refractivity contribution in [2.45, 2.75) is 32.7 Å². The van der Waals surface area contributed by atoms with Crippen LogP contribution in [0, 0.1) is 13.8 Å². The van der Waals surface area contributed by atoms with E-state index >= 15 is 0 Å². The summed E-state index contributed by atoms with van der Waals surface area (Å²) in [6, 6.07) is 6.73. The number of carbonyl (C=O) groups is 1. The van der Waals surface area contributed by atoms with Gasteiger partial charge < -0.3 is 15.5 Å². The van der Waals surface area contributed by atoms with Gasteiger partial charge in [0.2, 0.25) is 0 Å². The maximum absolute atomic E-state index is 12.0. The van der Waals surface area contributed by atoms with Crippen LogP contribution in [-0.4, -0.2) is 36.6 Å². The number of nitrogens with zero attached hydrogens (tertiary/aromatic N) is 1. The first-order chi connectivity index (χ1) is 10.1. The fourth-order valence-electron chi connectivity index (χ4n) is 2.62. The van der Waals surface area contributed by atoms with Gasteiger partial charge in [-0.1, -0.05) is 12.1 Å². The molecule has 0 aromatic heterocycles. The lowest BCUT2D eigenvalue weighted by Gasteiger charge is -2.33. The second-order valence-electron chi connectivity index (χ2n) is 5.70. The normalized spacial score (nSPS) is 18.2. The van der Waals surface area contributed by atoms with Crippen molar-refractivity contribution in [3.05, 3.63) is 42.0 Å². The van der Waals surface area contributed by atoms with Crippen LogP contribution in [0.2, 0.25) is 0 Å². The minimum absolute atomic E-state index is 0.00138. The number of anilines is 1. The summed E-state index contributed by atoms with van der Waals surface area (Å²) in [6.07, 6.45) is 3.83. The molecule has 0 saturated carbocycles. The maximum Gasteiger partial charge on any atom is 0.317 e. The fourth-order valence-corrected chi connectivity index (χ4v) is 2.62. The van der Waals surface area contributed by atoms with E-state index in [1.807, 2.05) is 4.90 Å². The molecule has 2 amide bonds. The van der Waals surface area contributed by atoms with Crippen molar-refractivity contribution in [2.24, 2.45) is 0 Å². The molecule has 114 valence electrons. The van der Waals surface area contributed by atoms with E-state index in [-0.39, 0.29) is 6.03 Å². The summed E-state index contributed by atoms with van der Waals surface area (Å²) < 4.78 is 0. The predicted octanol–water partition coefficient (Wildman–Crippen LogP) is 3.08. The minimum Gasteiger partial charge on any atom is -0.381 e. The molecule has 2 N–H and O–H groups in total. The summed E-state index contributed by atoms with van der Waals surface area (Å²) in [5, 5.41) is 6.39. The number of urea groups is 1. The van der Waals surface area contributed by atoms with Gasteiger partial charge in [-0.2, -0.15) is 0 Å². The number of aryl methyl sites for hydroxylation is 2. The van der Waals surface area contributed by atoms with Gasteiger partial charge in [0.1, 0.15) is 0 Å². The molecule has 1 fully saturated rings. The molecule has 0 radical (unpaired) electrons. The third kappa shape index (κ3) is 4.25. The molecular weight excluding hydrogens is 262 g/mol. The van der Waals surface area contributed by atoms with E-state index in [9.17, 15) is 4.79 Å². The average Bonchev–Trinajstić information content (AvgIpc) is 2.49. The molecule has 1 unspecified atom stereocenters. The summed E-state index contributed by atoms with van der Waals surface area (Å²) in [5.74, 6) is 0. The van der Waals surface area contributed by atoms with Crippen molar-refractivity contribution in [1.29, 1.82) is 0 Å². The lowest BCUT2D eigenvalue weighted by atomic mass is 10.0. The number of amides is 2. The van der Waals surface area contributed by atoms with E-state index in [1.165, 1.54) is 11.1 Å². The van der Waals surface area contributed by atoms with Gasteiger partial charge in [-0.15, -0.1) is 6.58 Å². The molecule has 0 bridgehead atoms. The lowest BCUT2D eigenvalue weighted by molar-refractivity contribution is 0.183. The van der Waals surface area contributed by atoms with Crippen molar-refractivity contribution < 1.29 is 4.79 Å². The number of carbonyl (C=O) groups excluding carboxylic acids is 1. The topological polar surface area (TPSA) is 44.4 Å². The molecule has 21 heavy (non-hydrogen) atoms. The highest BCUT2D eigenvalue weighted by atomic mass is 16.2. The van der Waals surface area contributed by atoms with Crippen LogP contribution in [0.4, 0.5) is 10.5 Å². The van der Waals surface area contributed by atoms with E-state index in [0.29, 0.717) is 12.6 Å². The molecule has 1 aliphatic heterocycles. The number of rotatable bonds is 4. The Morgan fingerprint density at radius 1 is 1.43 bits per heavy atom. The molecule has 1 aromatic rings. The van der Waals surface area contributed by atoms with Gasteiger partial charge in [0.15, 0.2) is 0 Å². The Labute approximate surface area is 127 Å². The molecular formula is C17H25N3O. The third-order valence-electron chi connectivity index (χ3n) is 3.98. The van der Waals surface area contributed by atoms with E-state index < -0.39 is 0 Å². The van der Waals surface area contributed by atoms with Crippen molar-refractivity contribution in [1.82, 2.24) is 10.2 Å². The monoisotopic (exact) mass is 287 g/mol. The van der Waals surface area contributed by atoms with E-state index in [0.717, 1.165) is 31.6 Å². The Morgan fingerprint density at radius 2 is 2.24 bits per heavy atom. The molecule has 0 spiro atoms. The van der Waals surface area contributed by atoms with Crippen LogP contribution >= 0.6 is 0 Å². The summed E-state index contributed by atoms with van der Waals surface area (Å²) >= 11 is 0. The van der Waals surface area contributed by atoms with Gasteiger partial charge in [0, 0.05) is 31.4 Å². The first-order valence-electron chi connectivity index (χ1n) is 7.57. The summed E-state index contributed by atoms with van der Waals surface area (Å²) in [5.41, 5.74) is 3.72. The maximum atomic E-state index is 12.0. The molecule has 2 rings (SSSR count). The van der Waals surface area contributed by atoms with Gasteiger partial charge in [0.25, 0.3) is 0 Å². The third-order valence-corrected chi connectivity index (χ3v) is 3.98. The number of piperidine rings is 1. The van der Waals surface area contributed by atoms with Crippen molar-refractivity contribution >= 4 is 11.7 Å². The van der Waals surface area contributed by atoms with Gasteiger partial charge >= 0.3 is 6.03 Å². The molecule has 4 heteroatoms. The van der Waals surface area contributed by atoms with Gasteiger partial charge in [-0.25, -0.2) is 4.79 Å². The number of hydrogen-bond acceptors (Lipinski definition) is 2. The molecule has 1 aliphatic rings. The average molecular weight is 287 g/mol. The largest absolute Gasteiger partial charge is 0.381 e. The van der Waals surface area contributed by atoms with Crippen LogP contribution in [0.25, 0.3) is 0 Å². The number of benzene rings is 1. The highest BCUT2D eigenvalue weighted by molar-refractivity contribution is 5.74. The number of likely N-dealkylation sites (tertiary alicyclic amines) is 1. The summed E-state index contributed by atoms with van der Waals surface area (Å²) in [4.78, 5) is 13.9. The first-order valence-corrected chi connectivity index (χ1v) is 7.57. The van der Waals surface area contributed by atoms with Crippen LogP contribution in [0.3, 0.4) is 0 Å². The second kappa shape index (κ2) is 7.16. The molecule has 1 saturated heterocycles. The zero-order valence-electron chi connectivity index (χ0n) is 13.0. The van der Waals surface area contributed by atoms with E-state index in [2.05, 4.69) is 49.3 Å². The van der Waals surface area contributed by atoms with Crippen LogP contribution in [0.15, 0.2) is 30.9 Å². The zero-order valence-corrected chi connectivity index (χ0v) is 13.0. The predicted molar refractivity (Wildman–Crippen MR) is 87.7 cm³/mol. The first kappa shape index (κ1) is 15.4. The molecule has 1 atom stereocenters. The van der Waals surface area contributed by atoms with E-state index in [4.69, 9.17) is 0 Å². The van der Waals surface area contributed by atoms with Crippen molar-refractivity contribution in [3.63, 3.8) is 0 Å². The smallest absolute Gasteiger partial charge is 0.317 e. The Bertz CT molecular complexity index is 513. The SMILES string of the molecule is C=CCNC(=O)N1CCCC(Nc2ccc(C)c(C)c2)C1. The molecule has 1 aromatic carbocycles. The van der Waals surface area contributed by atoms with Crippen LogP contribution in [0.5, 0.6) is 0 Å². The van der Waals surface area contributed by atoms with Crippen LogP contribution in [0.1, 0.15) is 24.0 Å². The van der Waals surface area contributed by atoms with Crippen LogP contribution in [-0.2, 0) is 0 Å². The summed E-state index contributed by atoms with van der Waals surface area (Å²) in [6.45, 7) is 9.95. The number of hydrogen-bond donors (Lipinski definition) is 2. The van der Waals surface area contributed by atoms with Gasteiger partial charge in [0.05, 0.1) is 0 Å². The highest BCUT2D eigenvalue weighted by Crippen LogP contribution is 2.19. The molecule has 4 nitrogen and oxygen atoms in total. The lowest BCUT2D eigenvalue weighted by Crippen LogP contribution is -2.49. The molecule has 0 aliphatic carbocycles. The number of nitrogens with one attached hydrogen (secondary N) is 2. The quantitative estimate of drug-likeness (QED) is 0.836. The van der Waals surface area contributed by atoms with E-state index in [1.54, 1.807) is 6.08 Å². The van der Waals surface area contributed by atoms with Gasteiger partial charge in [-0.05, 0) is 49.9 Å². The Hall–Kier alpha value is -1.97. The fraction of sp³-hybridized carbons (Fsp3) is 0.471. The highest BCUT2D eigenvalue weighted by Gasteiger charge is 2.23. The van der Waals surface area contributed by atoms with Crippen LogP contribution < -0.4 is 10.6 Å². The minimum atomic E-state index is 0.00138. The Balaban J connectivity index is 1.93. The summed E-state index contributed by atoms with van der Waals surface area (Å²) in [7, 11) is 0. The standard InChI is InChI=1S/C17H25N3O/c1-4-9-18-17(21)20-10-5-6-16(12-20)19-15-8-7-13(2)14(3)11-15/h4,7-8,11,16,19H,1,5-6,9-10,12H2,2-3H3,(H,18,21). The van der Waals surface area contributed by atoms with Crippen molar-refractivity contribution in [3.8, 4) is 0 Å². The Morgan fingerprint density at radius 3 is 2.95 bits per heavy atom. The second-order valence-corrected chi connectivity index (χ2v) is 5.70. The molecule has 1 heterocycles.